The normalized spacial score (nSPS) is 23.2. The number of benzene rings is 3. The van der Waals surface area contributed by atoms with E-state index in [-0.39, 0.29) is 40.6 Å². The van der Waals surface area contributed by atoms with Crippen molar-refractivity contribution in [2.45, 2.75) is 95.7 Å². The van der Waals surface area contributed by atoms with Gasteiger partial charge < -0.3 is 29.5 Å². The van der Waals surface area contributed by atoms with Gasteiger partial charge in [0.25, 0.3) is 0 Å². The summed E-state index contributed by atoms with van der Waals surface area (Å²) in [5.41, 5.74) is 7.14. The first-order valence-electron chi connectivity index (χ1n) is 16.8. The summed E-state index contributed by atoms with van der Waals surface area (Å²) in [4.78, 5) is 17.3. The zero-order chi connectivity index (χ0) is 31.5. The molecule has 8 heteroatoms. The van der Waals surface area contributed by atoms with E-state index in [1.165, 1.54) is 41.6 Å². The molecule has 46 heavy (non-hydrogen) atoms. The smallest absolute Gasteiger partial charge is 0.410 e. The minimum Gasteiger partial charge on any atom is -0.504 e. The van der Waals surface area contributed by atoms with Crippen LogP contribution in [-0.2, 0) is 24.2 Å². The van der Waals surface area contributed by atoms with Crippen molar-refractivity contribution in [2.75, 3.05) is 26.7 Å². The van der Waals surface area contributed by atoms with Crippen molar-refractivity contribution >= 4 is 23.1 Å². The molecule has 248 valence electrons. The van der Waals surface area contributed by atoms with E-state index >= 15 is 0 Å². The van der Waals surface area contributed by atoms with Crippen molar-refractivity contribution in [2.24, 2.45) is 0 Å². The number of halogens is 1. The average molecular weight is 694 g/mol. The van der Waals surface area contributed by atoms with Crippen LogP contribution < -0.4 is 4.74 Å². The second kappa shape index (κ2) is 15.1. The number of piperidine rings is 2. The monoisotopic (exact) mass is 692 g/mol. The fraction of sp³-hybridized carbons (Fsp3) is 0.500. The molecule has 0 saturated carbocycles. The topological polar surface area (TPSA) is 82.5 Å². The number of ether oxygens (including phenoxy) is 2. The van der Waals surface area contributed by atoms with Crippen LogP contribution >= 0.6 is 17.0 Å². The van der Waals surface area contributed by atoms with E-state index in [9.17, 15) is 15.0 Å². The molecule has 2 fully saturated rings. The van der Waals surface area contributed by atoms with Crippen LogP contribution in [0.25, 0.3) is 0 Å². The molecule has 4 atom stereocenters. The number of phenols is 2. The highest BCUT2D eigenvalue weighted by atomic mass is 79.9. The molecule has 2 aliphatic heterocycles. The predicted octanol–water partition coefficient (Wildman–Crippen LogP) is 8.02. The van der Waals surface area contributed by atoms with E-state index in [4.69, 9.17) is 9.47 Å². The molecule has 2 heterocycles. The lowest BCUT2D eigenvalue weighted by molar-refractivity contribution is 0.0566. The van der Waals surface area contributed by atoms with Gasteiger partial charge in [0.2, 0.25) is 0 Å². The summed E-state index contributed by atoms with van der Waals surface area (Å²) in [6.45, 7) is 7.76. The summed E-state index contributed by atoms with van der Waals surface area (Å²) >= 11 is 0. The lowest BCUT2D eigenvalue weighted by Crippen LogP contribution is -2.49. The third-order valence-electron chi connectivity index (χ3n) is 10.7. The Morgan fingerprint density at radius 2 is 1.50 bits per heavy atom. The summed E-state index contributed by atoms with van der Waals surface area (Å²) in [5, 5.41) is 19.6. The number of nitrogens with zero attached hydrogens (tertiary/aromatic N) is 2. The molecule has 2 saturated heterocycles. The number of hydrogen-bond acceptors (Lipinski definition) is 6. The summed E-state index contributed by atoms with van der Waals surface area (Å²) < 4.78 is 11.3. The van der Waals surface area contributed by atoms with E-state index in [2.05, 4.69) is 30.9 Å². The molecule has 0 aromatic heterocycles. The van der Waals surface area contributed by atoms with Gasteiger partial charge in [-0.1, -0.05) is 55.5 Å². The highest BCUT2D eigenvalue weighted by molar-refractivity contribution is 8.93. The number of methoxy groups -OCH3 is 1. The molecule has 0 spiro atoms. The highest BCUT2D eigenvalue weighted by Gasteiger charge is 2.40. The van der Waals surface area contributed by atoms with Crippen molar-refractivity contribution in [1.29, 1.82) is 0 Å². The molecule has 2 aliphatic carbocycles. The van der Waals surface area contributed by atoms with Crippen LogP contribution in [0.2, 0.25) is 0 Å². The fourth-order valence-corrected chi connectivity index (χ4v) is 8.56. The van der Waals surface area contributed by atoms with E-state index in [0.29, 0.717) is 24.5 Å². The SMILES string of the molecule is Br.CCN1CCC[C@@H]2c3ccc(O)c(O)c3CC[C@H]21.COc1c(C)ccc2c1CC[C@@H]1[C@@H]2CCCN1C(=O)OCc1ccccc1. The number of hydrogen-bond donors (Lipinski definition) is 2. The van der Waals surface area contributed by atoms with Crippen LogP contribution in [0.1, 0.15) is 90.7 Å². The summed E-state index contributed by atoms with van der Waals surface area (Å²) in [6.07, 6.45) is 8.28. The van der Waals surface area contributed by atoms with E-state index in [1.807, 2.05) is 41.3 Å². The second-order valence-electron chi connectivity index (χ2n) is 13.1. The van der Waals surface area contributed by atoms with Crippen LogP contribution in [0, 0.1) is 6.92 Å². The van der Waals surface area contributed by atoms with Crippen molar-refractivity contribution < 1.29 is 24.5 Å². The van der Waals surface area contributed by atoms with Gasteiger partial charge in [0, 0.05) is 30.1 Å². The van der Waals surface area contributed by atoms with Crippen LogP contribution in [-0.4, -0.2) is 64.9 Å². The molecule has 3 aromatic carbocycles. The average Bonchev–Trinajstić information content (AvgIpc) is 3.08. The number of carbonyl (C=O) groups excluding carboxylic acids is 1. The van der Waals surface area contributed by atoms with Gasteiger partial charge in [-0.05, 0) is 111 Å². The first kappa shape index (κ1) is 34.1. The predicted molar refractivity (Wildman–Crippen MR) is 187 cm³/mol. The van der Waals surface area contributed by atoms with Crippen molar-refractivity contribution in [3.05, 3.63) is 88.0 Å². The zero-order valence-corrected chi connectivity index (χ0v) is 29.1. The van der Waals surface area contributed by atoms with Gasteiger partial charge in [0.15, 0.2) is 11.5 Å². The van der Waals surface area contributed by atoms with E-state index in [0.717, 1.165) is 68.5 Å². The number of amides is 1. The van der Waals surface area contributed by atoms with Crippen molar-refractivity contribution in [3.8, 4) is 17.2 Å². The Hall–Kier alpha value is -3.23. The number of aryl methyl sites for hydroxylation is 1. The van der Waals surface area contributed by atoms with Gasteiger partial charge in [-0.2, -0.15) is 0 Å². The summed E-state index contributed by atoms with van der Waals surface area (Å²) in [5.74, 6) is 2.07. The van der Waals surface area contributed by atoms with Gasteiger partial charge in [-0.3, -0.25) is 0 Å². The number of rotatable bonds is 4. The number of likely N-dealkylation sites (N-methyl/N-ethyl adjacent to an activating group) is 1. The summed E-state index contributed by atoms with van der Waals surface area (Å²) in [7, 11) is 1.75. The Balaban J connectivity index is 0.000000191. The molecular formula is C38H49BrN2O5. The molecule has 7 rings (SSSR count). The van der Waals surface area contributed by atoms with Gasteiger partial charge in [0.1, 0.15) is 12.4 Å². The molecular weight excluding hydrogens is 644 g/mol. The van der Waals surface area contributed by atoms with Gasteiger partial charge in [-0.15, -0.1) is 17.0 Å². The Bertz CT molecular complexity index is 1500. The molecule has 0 bridgehead atoms. The first-order chi connectivity index (χ1) is 21.9. The van der Waals surface area contributed by atoms with Gasteiger partial charge >= 0.3 is 6.09 Å². The number of phenolic OH excluding ortho intramolecular Hbond substituents is 2. The standard InChI is InChI=1S/C23H27NO3.C15H21NO2.BrH/c1-16-10-11-18-19-9-6-14-24(21(19)13-12-20(18)22(16)26-2)23(25)27-15-17-7-4-3-5-8-17;1-2-16-9-3-4-11-10-6-8-14(17)15(18)12(10)5-7-13(11)16;/h3-5,7-8,10-11,19,21H,6,9,12-15H2,1-2H3;6,8,11,13,17-18H,2-5,7,9H2,1H3;1H/t19-,21-;11-,13-;/m11./s1. The Morgan fingerprint density at radius 1 is 0.848 bits per heavy atom. The molecule has 7 nitrogen and oxygen atoms in total. The number of carbonyl (C=O) groups is 1. The van der Waals surface area contributed by atoms with Crippen LogP contribution in [0.3, 0.4) is 0 Å². The number of aromatic hydroxyl groups is 2. The second-order valence-corrected chi connectivity index (χ2v) is 13.1. The maximum absolute atomic E-state index is 12.8. The lowest BCUT2D eigenvalue weighted by Gasteiger charge is -2.44. The lowest BCUT2D eigenvalue weighted by atomic mass is 9.73. The van der Waals surface area contributed by atoms with Crippen molar-refractivity contribution in [1.82, 2.24) is 9.80 Å². The minimum atomic E-state index is -0.184. The quantitative estimate of drug-likeness (QED) is 0.270. The maximum Gasteiger partial charge on any atom is 0.410 e. The first-order valence-corrected chi connectivity index (χ1v) is 16.8. The Kier molecular flexibility index (Phi) is 11.2. The number of likely N-dealkylation sites (tertiary alicyclic amines) is 2. The van der Waals surface area contributed by atoms with Gasteiger partial charge in [0.05, 0.1) is 7.11 Å². The third-order valence-corrected chi connectivity index (χ3v) is 10.7. The van der Waals surface area contributed by atoms with Crippen molar-refractivity contribution in [3.63, 3.8) is 0 Å². The van der Waals surface area contributed by atoms with Crippen LogP contribution in [0.5, 0.6) is 17.2 Å². The zero-order valence-electron chi connectivity index (χ0n) is 27.4. The Labute approximate surface area is 284 Å². The molecule has 0 unspecified atom stereocenters. The van der Waals surface area contributed by atoms with Gasteiger partial charge in [-0.25, -0.2) is 4.79 Å². The third kappa shape index (κ3) is 6.75. The largest absolute Gasteiger partial charge is 0.504 e. The van der Waals surface area contributed by atoms with E-state index in [1.54, 1.807) is 13.2 Å². The molecule has 0 radical (unpaired) electrons. The minimum absolute atomic E-state index is 0. The highest BCUT2D eigenvalue weighted by Crippen LogP contribution is 2.46. The Morgan fingerprint density at radius 3 is 2.24 bits per heavy atom. The number of fused-ring (bicyclic) bond motifs is 6. The molecule has 4 aliphatic rings. The van der Waals surface area contributed by atoms with E-state index < -0.39 is 0 Å². The molecule has 3 aromatic rings. The maximum atomic E-state index is 12.8. The fourth-order valence-electron chi connectivity index (χ4n) is 8.56. The molecule has 1 amide bonds. The molecule has 2 N–H and O–H groups in total. The van der Waals surface area contributed by atoms with Crippen LogP contribution in [0.15, 0.2) is 54.6 Å². The summed E-state index contributed by atoms with van der Waals surface area (Å²) in [6, 6.07) is 18.8. The van der Waals surface area contributed by atoms with Crippen LogP contribution in [0.4, 0.5) is 4.79 Å².